The molecule has 3 rings (SSSR count). The van der Waals surface area contributed by atoms with E-state index in [2.05, 4.69) is 18.3 Å². The number of fused-ring (bicyclic) bond motifs is 2. The Kier molecular flexibility index (Phi) is 3.56. The van der Waals surface area contributed by atoms with Crippen LogP contribution in [0, 0.1) is 17.8 Å². The number of allylic oxidation sites excluding steroid dienone is 1. The van der Waals surface area contributed by atoms with Gasteiger partial charge in [-0.05, 0) is 76.2 Å². The van der Waals surface area contributed by atoms with Gasteiger partial charge in [0, 0.05) is 6.04 Å². The van der Waals surface area contributed by atoms with Crippen molar-refractivity contribution in [2.45, 2.75) is 64.3 Å². The Morgan fingerprint density at radius 1 is 1.18 bits per heavy atom. The molecule has 0 aliphatic heterocycles. The second-order valence-corrected chi connectivity index (χ2v) is 6.71. The van der Waals surface area contributed by atoms with Crippen molar-refractivity contribution >= 4 is 0 Å². The Morgan fingerprint density at radius 3 is 2.71 bits per heavy atom. The Bertz CT molecular complexity index is 290. The van der Waals surface area contributed by atoms with Crippen molar-refractivity contribution in [2.75, 3.05) is 6.54 Å². The van der Waals surface area contributed by atoms with Gasteiger partial charge in [-0.1, -0.05) is 18.1 Å². The van der Waals surface area contributed by atoms with E-state index in [1.165, 1.54) is 51.5 Å². The van der Waals surface area contributed by atoms with Crippen LogP contribution in [0.15, 0.2) is 11.6 Å². The van der Waals surface area contributed by atoms with Crippen molar-refractivity contribution in [1.29, 1.82) is 0 Å². The zero-order valence-electron chi connectivity index (χ0n) is 11.3. The van der Waals surface area contributed by atoms with E-state index in [-0.39, 0.29) is 0 Å². The van der Waals surface area contributed by atoms with Crippen LogP contribution in [-0.4, -0.2) is 12.6 Å². The minimum Gasteiger partial charge on any atom is -0.314 e. The van der Waals surface area contributed by atoms with E-state index >= 15 is 0 Å². The summed E-state index contributed by atoms with van der Waals surface area (Å²) in [6.45, 7) is 3.54. The average molecular weight is 233 g/mol. The quantitative estimate of drug-likeness (QED) is 0.542. The van der Waals surface area contributed by atoms with Crippen molar-refractivity contribution in [3.05, 3.63) is 11.6 Å². The molecule has 17 heavy (non-hydrogen) atoms. The molecule has 0 heterocycles. The zero-order valence-corrected chi connectivity index (χ0v) is 11.3. The van der Waals surface area contributed by atoms with Gasteiger partial charge in [-0.3, -0.25) is 0 Å². The molecule has 0 spiro atoms. The third-order valence-electron chi connectivity index (χ3n) is 5.12. The lowest BCUT2D eigenvalue weighted by atomic mass is 9.84. The van der Waals surface area contributed by atoms with Crippen molar-refractivity contribution in [2.24, 2.45) is 17.8 Å². The van der Waals surface area contributed by atoms with E-state index < -0.39 is 0 Å². The van der Waals surface area contributed by atoms with Gasteiger partial charge in [-0.2, -0.15) is 0 Å². The van der Waals surface area contributed by atoms with E-state index in [0.29, 0.717) is 0 Å². The van der Waals surface area contributed by atoms with Crippen LogP contribution in [-0.2, 0) is 0 Å². The van der Waals surface area contributed by atoms with Gasteiger partial charge >= 0.3 is 0 Å². The lowest BCUT2D eigenvalue weighted by molar-refractivity contribution is 0.330. The molecule has 3 atom stereocenters. The fourth-order valence-corrected chi connectivity index (χ4v) is 4.02. The van der Waals surface area contributed by atoms with Gasteiger partial charge in [0.2, 0.25) is 0 Å². The molecule has 1 heteroatoms. The minimum atomic E-state index is 0.870. The van der Waals surface area contributed by atoms with Crippen molar-refractivity contribution < 1.29 is 0 Å². The second-order valence-electron chi connectivity index (χ2n) is 6.71. The summed E-state index contributed by atoms with van der Waals surface area (Å²) in [4.78, 5) is 0. The molecule has 2 bridgehead atoms. The number of nitrogens with one attached hydrogen (secondary N) is 1. The third kappa shape index (κ3) is 3.13. The molecule has 3 fully saturated rings. The van der Waals surface area contributed by atoms with E-state index in [0.717, 1.165) is 23.8 Å². The number of hydrogen-bond acceptors (Lipinski definition) is 1. The normalized spacial score (nSPS) is 36.8. The van der Waals surface area contributed by atoms with Crippen LogP contribution < -0.4 is 5.32 Å². The summed E-state index contributed by atoms with van der Waals surface area (Å²) >= 11 is 0. The van der Waals surface area contributed by atoms with Crippen molar-refractivity contribution in [3.8, 4) is 0 Å². The highest BCUT2D eigenvalue weighted by Crippen LogP contribution is 2.50. The molecule has 0 aromatic heterocycles. The maximum absolute atomic E-state index is 3.59. The lowest BCUT2D eigenvalue weighted by Crippen LogP contribution is -2.16. The predicted molar refractivity (Wildman–Crippen MR) is 73.0 cm³/mol. The first-order chi connectivity index (χ1) is 8.31. The fraction of sp³-hybridized carbons (Fsp3) is 0.875. The molecule has 1 nitrogen and oxygen atoms in total. The summed E-state index contributed by atoms with van der Waals surface area (Å²) < 4.78 is 0. The van der Waals surface area contributed by atoms with Crippen LogP contribution in [0.25, 0.3) is 0 Å². The molecular formula is C16H27N. The Hall–Kier alpha value is -0.300. The van der Waals surface area contributed by atoms with E-state index in [1.54, 1.807) is 12.0 Å². The average Bonchev–Trinajstić information content (AvgIpc) is 2.91. The summed E-state index contributed by atoms with van der Waals surface area (Å²) in [6.07, 6.45) is 14.1. The maximum Gasteiger partial charge on any atom is 0.00683 e. The highest BCUT2D eigenvalue weighted by Gasteiger charge is 2.38. The molecule has 1 N–H and O–H groups in total. The predicted octanol–water partition coefficient (Wildman–Crippen LogP) is 3.90. The summed E-state index contributed by atoms with van der Waals surface area (Å²) in [7, 11) is 0. The first-order valence-electron chi connectivity index (χ1n) is 7.70. The summed E-state index contributed by atoms with van der Waals surface area (Å²) in [5.41, 5.74) is 1.65. The van der Waals surface area contributed by atoms with Gasteiger partial charge in [0.05, 0.1) is 0 Å². The van der Waals surface area contributed by atoms with Crippen LogP contribution in [0.1, 0.15) is 58.3 Å². The molecule has 3 aliphatic carbocycles. The second kappa shape index (κ2) is 5.14. The first kappa shape index (κ1) is 11.8. The molecule has 3 unspecified atom stereocenters. The first-order valence-corrected chi connectivity index (χ1v) is 7.70. The molecule has 0 saturated heterocycles. The SMILES string of the molecule is CC(=CCCNC1CC1)CC1CC2CCC1C2. The third-order valence-corrected chi connectivity index (χ3v) is 5.12. The standard InChI is InChI=1S/C16H27N/c1-12(3-2-8-17-16-6-7-16)9-15-11-13-4-5-14(15)10-13/h3,13-17H,2,4-11H2,1H3. The molecule has 3 aliphatic rings. The van der Waals surface area contributed by atoms with Crippen LogP contribution in [0.2, 0.25) is 0 Å². The summed E-state index contributed by atoms with van der Waals surface area (Å²) in [5, 5.41) is 3.59. The highest BCUT2D eigenvalue weighted by atomic mass is 14.9. The van der Waals surface area contributed by atoms with Gasteiger partial charge in [0.1, 0.15) is 0 Å². The molecule has 0 radical (unpaired) electrons. The Labute approximate surface area is 106 Å². The van der Waals surface area contributed by atoms with Gasteiger partial charge in [-0.25, -0.2) is 0 Å². The van der Waals surface area contributed by atoms with E-state index in [9.17, 15) is 0 Å². The zero-order chi connectivity index (χ0) is 11.7. The van der Waals surface area contributed by atoms with Gasteiger partial charge in [-0.15, -0.1) is 0 Å². The Balaban J connectivity index is 1.36. The summed E-state index contributed by atoms with van der Waals surface area (Å²) in [6, 6.07) is 0.870. The fourth-order valence-electron chi connectivity index (χ4n) is 4.02. The summed E-state index contributed by atoms with van der Waals surface area (Å²) in [5.74, 6) is 3.24. The van der Waals surface area contributed by atoms with Crippen LogP contribution in [0.5, 0.6) is 0 Å². The van der Waals surface area contributed by atoms with Crippen LogP contribution in [0.4, 0.5) is 0 Å². The van der Waals surface area contributed by atoms with E-state index in [4.69, 9.17) is 0 Å². The molecule has 96 valence electrons. The van der Waals surface area contributed by atoms with Gasteiger partial charge in [0.25, 0.3) is 0 Å². The van der Waals surface area contributed by atoms with Crippen molar-refractivity contribution in [3.63, 3.8) is 0 Å². The Morgan fingerprint density at radius 2 is 2.06 bits per heavy atom. The van der Waals surface area contributed by atoms with Gasteiger partial charge < -0.3 is 5.32 Å². The van der Waals surface area contributed by atoms with Gasteiger partial charge in [0.15, 0.2) is 0 Å². The topological polar surface area (TPSA) is 12.0 Å². The van der Waals surface area contributed by atoms with E-state index in [1.807, 2.05) is 0 Å². The number of hydrogen-bond donors (Lipinski definition) is 1. The minimum absolute atomic E-state index is 0.870. The molecule has 0 aromatic carbocycles. The van der Waals surface area contributed by atoms with Crippen LogP contribution in [0.3, 0.4) is 0 Å². The smallest absolute Gasteiger partial charge is 0.00683 e. The highest BCUT2D eigenvalue weighted by molar-refractivity contribution is 5.03. The maximum atomic E-state index is 3.59. The largest absolute Gasteiger partial charge is 0.314 e. The molecular weight excluding hydrogens is 206 g/mol. The molecule has 0 aromatic rings. The monoisotopic (exact) mass is 233 g/mol. The molecule has 3 saturated carbocycles. The molecule has 0 amide bonds. The van der Waals surface area contributed by atoms with Crippen LogP contribution >= 0.6 is 0 Å². The number of rotatable bonds is 6. The lowest BCUT2D eigenvalue weighted by Gasteiger charge is -2.21. The van der Waals surface area contributed by atoms with Crippen molar-refractivity contribution in [1.82, 2.24) is 5.32 Å².